The monoisotopic (exact) mass is 434 g/mol. The predicted octanol–water partition coefficient (Wildman–Crippen LogP) is 4.09. The Bertz CT molecular complexity index is 1340. The Labute approximate surface area is 180 Å². The van der Waals surface area contributed by atoms with Gasteiger partial charge in [-0.25, -0.2) is 13.4 Å². The van der Waals surface area contributed by atoms with Gasteiger partial charge in [-0.3, -0.25) is 5.10 Å². The summed E-state index contributed by atoms with van der Waals surface area (Å²) >= 11 is 0. The van der Waals surface area contributed by atoms with Crippen LogP contribution in [-0.2, 0) is 10.0 Å². The molecule has 1 aliphatic heterocycles. The van der Waals surface area contributed by atoms with Crippen LogP contribution >= 0.6 is 0 Å². The van der Waals surface area contributed by atoms with Crippen molar-refractivity contribution in [1.82, 2.24) is 19.5 Å². The van der Waals surface area contributed by atoms with E-state index in [2.05, 4.69) is 15.2 Å². The normalized spacial score (nSPS) is 14.9. The summed E-state index contributed by atoms with van der Waals surface area (Å²) in [5.41, 5.74) is 4.07. The molecule has 2 aromatic heterocycles. The zero-order valence-corrected chi connectivity index (χ0v) is 17.9. The number of methoxy groups -OCH3 is 1. The van der Waals surface area contributed by atoms with Crippen LogP contribution in [0.4, 0.5) is 0 Å². The molecule has 3 heterocycles. The second kappa shape index (κ2) is 7.79. The minimum absolute atomic E-state index is 0.320. The van der Waals surface area contributed by atoms with E-state index in [0.29, 0.717) is 23.6 Å². The lowest BCUT2D eigenvalue weighted by atomic mass is 9.99. The fourth-order valence-corrected chi connectivity index (χ4v) is 5.63. The third kappa shape index (κ3) is 3.37. The van der Waals surface area contributed by atoms with Crippen molar-refractivity contribution < 1.29 is 13.2 Å². The Kier molecular flexibility index (Phi) is 4.95. The van der Waals surface area contributed by atoms with Gasteiger partial charge in [0.15, 0.2) is 5.65 Å². The summed E-state index contributed by atoms with van der Waals surface area (Å²) in [5.74, 6) is 0.720. The van der Waals surface area contributed by atoms with Crippen LogP contribution < -0.4 is 4.74 Å². The van der Waals surface area contributed by atoms with Gasteiger partial charge in [0.1, 0.15) is 11.4 Å². The summed E-state index contributed by atoms with van der Waals surface area (Å²) in [4.78, 5) is 4.74. The van der Waals surface area contributed by atoms with E-state index in [1.54, 1.807) is 29.7 Å². The van der Waals surface area contributed by atoms with Gasteiger partial charge in [-0.15, -0.1) is 0 Å². The molecule has 1 N–H and O–H groups in total. The van der Waals surface area contributed by atoms with Crippen molar-refractivity contribution in [2.75, 3.05) is 20.2 Å². The number of sulfonamides is 1. The quantitative estimate of drug-likeness (QED) is 0.511. The van der Waals surface area contributed by atoms with Crippen LogP contribution in [0.5, 0.6) is 5.75 Å². The molecule has 2 aromatic carbocycles. The smallest absolute Gasteiger partial charge is 0.243 e. The first kappa shape index (κ1) is 19.7. The van der Waals surface area contributed by atoms with Crippen LogP contribution in [0.3, 0.4) is 0 Å². The summed E-state index contributed by atoms with van der Waals surface area (Å²) in [6, 6.07) is 16.7. The molecule has 0 aliphatic carbocycles. The van der Waals surface area contributed by atoms with Crippen molar-refractivity contribution in [3.63, 3.8) is 0 Å². The lowest BCUT2D eigenvalue weighted by Crippen LogP contribution is -2.27. The summed E-state index contributed by atoms with van der Waals surface area (Å²) in [5, 5.41) is 8.36. The highest BCUT2D eigenvalue weighted by Gasteiger charge is 2.27. The molecule has 0 saturated carbocycles. The number of fused-ring (bicyclic) bond motifs is 1. The first-order chi connectivity index (χ1) is 15.1. The molecule has 0 bridgehead atoms. The molecule has 1 saturated heterocycles. The Hall–Kier alpha value is -3.23. The van der Waals surface area contributed by atoms with E-state index in [1.807, 2.05) is 42.5 Å². The van der Waals surface area contributed by atoms with Gasteiger partial charge in [-0.05, 0) is 54.3 Å². The molecule has 1 aliphatic rings. The molecular formula is C23H22N4O3S. The van der Waals surface area contributed by atoms with Gasteiger partial charge in [0.05, 0.1) is 17.4 Å². The molecule has 4 aromatic rings. The molecule has 5 rings (SSSR count). The van der Waals surface area contributed by atoms with Gasteiger partial charge in [0, 0.05) is 24.8 Å². The molecule has 7 nitrogen and oxygen atoms in total. The van der Waals surface area contributed by atoms with E-state index in [0.717, 1.165) is 46.4 Å². The Morgan fingerprint density at radius 1 is 0.968 bits per heavy atom. The fraction of sp³-hybridized carbons (Fsp3) is 0.217. The SMILES string of the molecule is COc1ccccc1-c1n[nH]c2nccc(-c3ccc(S(=O)(=O)N4CCCC4)cc3)c12. The summed E-state index contributed by atoms with van der Waals surface area (Å²) in [7, 11) is -1.81. The lowest BCUT2D eigenvalue weighted by molar-refractivity contribution is 0.416. The number of nitrogens with zero attached hydrogens (tertiary/aromatic N) is 3. The van der Waals surface area contributed by atoms with Gasteiger partial charge in [0.25, 0.3) is 0 Å². The van der Waals surface area contributed by atoms with E-state index in [9.17, 15) is 8.42 Å². The summed E-state index contributed by atoms with van der Waals surface area (Å²) < 4.78 is 32.8. The molecule has 1 fully saturated rings. The highest BCUT2D eigenvalue weighted by Crippen LogP contribution is 2.38. The Balaban J connectivity index is 1.60. The van der Waals surface area contributed by atoms with E-state index < -0.39 is 10.0 Å². The molecule has 0 radical (unpaired) electrons. The van der Waals surface area contributed by atoms with E-state index in [1.165, 1.54) is 0 Å². The van der Waals surface area contributed by atoms with E-state index >= 15 is 0 Å². The topological polar surface area (TPSA) is 88.2 Å². The molecule has 0 atom stereocenters. The summed E-state index contributed by atoms with van der Waals surface area (Å²) in [6.07, 6.45) is 3.55. The number of benzene rings is 2. The van der Waals surface area contributed by atoms with Crippen molar-refractivity contribution in [3.8, 4) is 28.1 Å². The Morgan fingerprint density at radius 3 is 2.45 bits per heavy atom. The molecule has 0 unspecified atom stereocenters. The van der Waals surface area contributed by atoms with Crippen LogP contribution in [0.25, 0.3) is 33.4 Å². The maximum Gasteiger partial charge on any atom is 0.243 e. The number of aromatic amines is 1. The van der Waals surface area contributed by atoms with Crippen molar-refractivity contribution in [2.45, 2.75) is 17.7 Å². The predicted molar refractivity (Wildman–Crippen MR) is 119 cm³/mol. The number of pyridine rings is 1. The largest absolute Gasteiger partial charge is 0.496 e. The summed E-state index contributed by atoms with van der Waals surface area (Å²) in [6.45, 7) is 1.18. The number of aromatic nitrogens is 3. The second-order valence-corrected chi connectivity index (χ2v) is 9.43. The molecule has 31 heavy (non-hydrogen) atoms. The van der Waals surface area contributed by atoms with Gasteiger partial charge in [0.2, 0.25) is 10.0 Å². The van der Waals surface area contributed by atoms with Crippen molar-refractivity contribution in [1.29, 1.82) is 0 Å². The first-order valence-electron chi connectivity index (χ1n) is 10.2. The number of nitrogens with one attached hydrogen (secondary N) is 1. The van der Waals surface area contributed by atoms with Gasteiger partial charge in [-0.2, -0.15) is 9.40 Å². The maximum absolute atomic E-state index is 12.9. The molecule has 158 valence electrons. The molecule has 0 amide bonds. The first-order valence-corrected chi connectivity index (χ1v) is 11.6. The average molecular weight is 435 g/mol. The van der Waals surface area contributed by atoms with Crippen molar-refractivity contribution >= 4 is 21.1 Å². The Morgan fingerprint density at radius 2 is 1.71 bits per heavy atom. The van der Waals surface area contributed by atoms with E-state index in [4.69, 9.17) is 4.74 Å². The van der Waals surface area contributed by atoms with Crippen LogP contribution in [0.1, 0.15) is 12.8 Å². The minimum Gasteiger partial charge on any atom is -0.496 e. The molecule has 8 heteroatoms. The van der Waals surface area contributed by atoms with E-state index in [-0.39, 0.29) is 0 Å². The zero-order chi connectivity index (χ0) is 21.4. The van der Waals surface area contributed by atoms with Crippen LogP contribution in [0.2, 0.25) is 0 Å². The fourth-order valence-electron chi connectivity index (χ4n) is 4.11. The lowest BCUT2D eigenvalue weighted by Gasteiger charge is -2.15. The highest BCUT2D eigenvalue weighted by atomic mass is 32.2. The van der Waals surface area contributed by atoms with Gasteiger partial charge >= 0.3 is 0 Å². The highest BCUT2D eigenvalue weighted by molar-refractivity contribution is 7.89. The maximum atomic E-state index is 12.9. The number of hydrogen-bond donors (Lipinski definition) is 1. The van der Waals surface area contributed by atoms with Crippen molar-refractivity contribution in [2.24, 2.45) is 0 Å². The zero-order valence-electron chi connectivity index (χ0n) is 17.1. The third-order valence-electron chi connectivity index (χ3n) is 5.69. The minimum atomic E-state index is -3.44. The number of para-hydroxylation sites is 1. The standard InChI is InChI=1S/C23H22N4O3S/c1-30-20-7-3-2-6-19(20)22-21-18(12-13-24-23(21)26-25-22)16-8-10-17(11-9-16)31(28,29)27-14-4-5-15-27/h2-3,6-13H,4-5,14-15H2,1H3,(H,24,25,26). The molecule has 0 spiro atoms. The van der Waals surface area contributed by atoms with Gasteiger partial charge in [-0.1, -0.05) is 24.3 Å². The van der Waals surface area contributed by atoms with Crippen LogP contribution in [0, 0.1) is 0 Å². The third-order valence-corrected chi connectivity index (χ3v) is 7.60. The van der Waals surface area contributed by atoms with Crippen LogP contribution in [0.15, 0.2) is 65.7 Å². The van der Waals surface area contributed by atoms with Gasteiger partial charge < -0.3 is 4.74 Å². The molecular weight excluding hydrogens is 412 g/mol. The average Bonchev–Trinajstić information content (AvgIpc) is 3.50. The number of hydrogen-bond acceptors (Lipinski definition) is 5. The second-order valence-electron chi connectivity index (χ2n) is 7.49. The van der Waals surface area contributed by atoms with Crippen LogP contribution in [-0.4, -0.2) is 48.1 Å². The number of rotatable bonds is 5. The number of H-pyrrole nitrogens is 1. The number of ether oxygens (including phenoxy) is 1. The van der Waals surface area contributed by atoms with Crippen molar-refractivity contribution in [3.05, 3.63) is 60.8 Å².